The maximum absolute atomic E-state index is 11.9. The number of hydrogen-bond acceptors (Lipinski definition) is 5. The lowest BCUT2D eigenvalue weighted by Gasteiger charge is -2.03. The standard InChI is InChI=1S/C23H18N2O4/c26-21-9-5-4-8-20(21)23(28)25-24-16-18-10-13-19(14-11-18)29-22(27)15-12-17-6-2-1-3-7-17/h1-16,26H,(H,25,28). The number of phenols is 1. The third kappa shape index (κ3) is 5.90. The van der Waals surface area contributed by atoms with Crippen LogP contribution in [0.15, 0.2) is 90.0 Å². The molecule has 0 radical (unpaired) electrons. The summed E-state index contributed by atoms with van der Waals surface area (Å²) in [6.07, 6.45) is 4.48. The van der Waals surface area contributed by atoms with Gasteiger partial charge in [-0.05, 0) is 53.6 Å². The molecule has 0 aliphatic rings. The quantitative estimate of drug-likeness (QED) is 0.222. The number of para-hydroxylation sites is 1. The lowest BCUT2D eigenvalue weighted by Crippen LogP contribution is -2.17. The molecule has 0 aromatic heterocycles. The first-order valence-corrected chi connectivity index (χ1v) is 8.78. The lowest BCUT2D eigenvalue weighted by atomic mass is 10.2. The molecule has 3 rings (SSSR count). The third-order valence-electron chi connectivity index (χ3n) is 3.84. The number of nitrogens with one attached hydrogen (secondary N) is 1. The fourth-order valence-corrected chi connectivity index (χ4v) is 2.39. The molecule has 0 unspecified atom stereocenters. The van der Waals surface area contributed by atoms with Crippen LogP contribution in [0.3, 0.4) is 0 Å². The van der Waals surface area contributed by atoms with Crippen LogP contribution in [0, 0.1) is 0 Å². The van der Waals surface area contributed by atoms with Crippen LogP contribution in [0.4, 0.5) is 0 Å². The minimum atomic E-state index is -0.518. The molecule has 0 fully saturated rings. The van der Waals surface area contributed by atoms with Gasteiger partial charge in [0.15, 0.2) is 0 Å². The second kappa shape index (κ2) is 9.66. The molecule has 0 saturated carbocycles. The Labute approximate surface area is 167 Å². The van der Waals surface area contributed by atoms with E-state index in [1.807, 2.05) is 30.3 Å². The maximum Gasteiger partial charge on any atom is 0.336 e. The van der Waals surface area contributed by atoms with Gasteiger partial charge in [0.1, 0.15) is 11.5 Å². The zero-order valence-corrected chi connectivity index (χ0v) is 15.4. The van der Waals surface area contributed by atoms with Crippen molar-refractivity contribution >= 4 is 24.2 Å². The SMILES string of the molecule is O=C(C=Cc1ccccc1)Oc1ccc(C=NNC(=O)c2ccccc2O)cc1. The summed E-state index contributed by atoms with van der Waals surface area (Å²) in [5.74, 6) is -0.726. The Morgan fingerprint density at radius 1 is 0.862 bits per heavy atom. The summed E-state index contributed by atoms with van der Waals surface area (Å²) < 4.78 is 5.24. The average molecular weight is 386 g/mol. The number of rotatable bonds is 6. The van der Waals surface area contributed by atoms with Crippen molar-refractivity contribution in [2.75, 3.05) is 0 Å². The Hall–Kier alpha value is -4.19. The smallest absolute Gasteiger partial charge is 0.336 e. The van der Waals surface area contributed by atoms with Crippen molar-refractivity contribution in [2.24, 2.45) is 5.10 Å². The Morgan fingerprint density at radius 3 is 2.28 bits per heavy atom. The van der Waals surface area contributed by atoms with Crippen LogP contribution in [0.1, 0.15) is 21.5 Å². The van der Waals surface area contributed by atoms with Gasteiger partial charge in [-0.1, -0.05) is 42.5 Å². The van der Waals surface area contributed by atoms with Gasteiger partial charge in [-0.15, -0.1) is 0 Å². The van der Waals surface area contributed by atoms with E-state index in [0.29, 0.717) is 11.3 Å². The highest BCUT2D eigenvalue weighted by Crippen LogP contribution is 2.15. The topological polar surface area (TPSA) is 88.0 Å². The van der Waals surface area contributed by atoms with Gasteiger partial charge in [0.05, 0.1) is 11.8 Å². The molecule has 0 heterocycles. The van der Waals surface area contributed by atoms with Gasteiger partial charge in [0.2, 0.25) is 0 Å². The summed E-state index contributed by atoms with van der Waals surface area (Å²) in [5.41, 5.74) is 4.08. The van der Waals surface area contributed by atoms with Gasteiger partial charge in [-0.3, -0.25) is 4.79 Å². The van der Waals surface area contributed by atoms with Crippen LogP contribution in [-0.2, 0) is 4.79 Å². The highest BCUT2D eigenvalue weighted by Gasteiger charge is 2.08. The van der Waals surface area contributed by atoms with Crippen molar-refractivity contribution in [3.8, 4) is 11.5 Å². The molecule has 29 heavy (non-hydrogen) atoms. The number of hydrazone groups is 1. The van der Waals surface area contributed by atoms with Gasteiger partial charge in [-0.25, -0.2) is 10.2 Å². The van der Waals surface area contributed by atoms with Crippen LogP contribution in [0.2, 0.25) is 0 Å². The minimum absolute atomic E-state index is 0.118. The predicted octanol–water partition coefficient (Wildman–Crippen LogP) is 3.77. The van der Waals surface area contributed by atoms with E-state index in [1.165, 1.54) is 24.4 Å². The van der Waals surface area contributed by atoms with E-state index in [-0.39, 0.29) is 11.3 Å². The summed E-state index contributed by atoms with van der Waals surface area (Å²) in [4.78, 5) is 23.8. The Balaban J connectivity index is 1.52. The molecule has 2 N–H and O–H groups in total. The fraction of sp³-hybridized carbons (Fsp3) is 0. The Morgan fingerprint density at radius 2 is 1.55 bits per heavy atom. The van der Waals surface area contributed by atoms with Crippen LogP contribution in [-0.4, -0.2) is 23.2 Å². The number of esters is 1. The van der Waals surface area contributed by atoms with Crippen molar-refractivity contribution in [1.82, 2.24) is 5.43 Å². The third-order valence-corrected chi connectivity index (χ3v) is 3.84. The summed E-state index contributed by atoms with van der Waals surface area (Å²) in [6.45, 7) is 0. The van der Waals surface area contributed by atoms with E-state index in [0.717, 1.165) is 5.56 Å². The molecule has 0 atom stereocenters. The molecule has 144 valence electrons. The van der Waals surface area contributed by atoms with Crippen molar-refractivity contribution in [3.63, 3.8) is 0 Å². The van der Waals surface area contributed by atoms with Crippen molar-refractivity contribution in [1.29, 1.82) is 0 Å². The molecule has 6 nitrogen and oxygen atoms in total. The van der Waals surface area contributed by atoms with Gasteiger partial charge in [0, 0.05) is 6.08 Å². The molecular formula is C23H18N2O4. The number of carbonyl (C=O) groups excluding carboxylic acids is 2. The van der Waals surface area contributed by atoms with Crippen LogP contribution >= 0.6 is 0 Å². The normalized spacial score (nSPS) is 10.9. The van der Waals surface area contributed by atoms with Gasteiger partial charge in [-0.2, -0.15) is 5.10 Å². The number of carbonyl (C=O) groups is 2. The second-order valence-electron chi connectivity index (χ2n) is 5.95. The van der Waals surface area contributed by atoms with Crippen LogP contribution < -0.4 is 10.2 Å². The fourth-order valence-electron chi connectivity index (χ4n) is 2.39. The Bertz CT molecular complexity index is 1040. The first-order valence-electron chi connectivity index (χ1n) is 8.78. The zero-order chi connectivity index (χ0) is 20.5. The Kier molecular flexibility index (Phi) is 6.52. The average Bonchev–Trinajstić information content (AvgIpc) is 2.74. The maximum atomic E-state index is 11.9. The van der Waals surface area contributed by atoms with Crippen molar-refractivity contribution in [3.05, 3.63) is 102 Å². The van der Waals surface area contributed by atoms with Gasteiger partial charge in [0.25, 0.3) is 5.91 Å². The number of amides is 1. The molecule has 0 aliphatic heterocycles. The highest BCUT2D eigenvalue weighted by molar-refractivity contribution is 5.97. The number of phenolic OH excluding ortho intramolecular Hbond substituents is 1. The molecule has 3 aromatic rings. The van der Waals surface area contributed by atoms with Crippen LogP contribution in [0.25, 0.3) is 6.08 Å². The first-order chi connectivity index (χ1) is 14.1. The minimum Gasteiger partial charge on any atom is -0.507 e. The van der Waals surface area contributed by atoms with E-state index >= 15 is 0 Å². The monoisotopic (exact) mass is 386 g/mol. The first kappa shape index (κ1) is 19.6. The molecule has 1 amide bonds. The number of benzene rings is 3. The molecule has 0 saturated heterocycles. The highest BCUT2D eigenvalue weighted by atomic mass is 16.5. The number of nitrogens with zero attached hydrogens (tertiary/aromatic N) is 1. The molecular weight excluding hydrogens is 368 g/mol. The van der Waals surface area contributed by atoms with E-state index in [4.69, 9.17) is 4.74 Å². The predicted molar refractivity (Wildman–Crippen MR) is 111 cm³/mol. The zero-order valence-electron chi connectivity index (χ0n) is 15.4. The van der Waals surface area contributed by atoms with E-state index < -0.39 is 11.9 Å². The summed E-state index contributed by atoms with van der Waals surface area (Å²) in [5, 5.41) is 13.5. The van der Waals surface area contributed by atoms with Crippen molar-refractivity contribution in [2.45, 2.75) is 0 Å². The largest absolute Gasteiger partial charge is 0.507 e. The molecule has 0 spiro atoms. The van der Waals surface area contributed by atoms with E-state index in [9.17, 15) is 14.7 Å². The molecule has 6 heteroatoms. The number of ether oxygens (including phenoxy) is 1. The molecule has 3 aromatic carbocycles. The lowest BCUT2D eigenvalue weighted by molar-refractivity contribution is -0.128. The second-order valence-corrected chi connectivity index (χ2v) is 5.95. The van der Waals surface area contributed by atoms with Crippen LogP contribution in [0.5, 0.6) is 11.5 Å². The number of aromatic hydroxyl groups is 1. The molecule has 0 bridgehead atoms. The van der Waals surface area contributed by atoms with E-state index in [2.05, 4.69) is 10.5 Å². The summed E-state index contributed by atoms with van der Waals surface area (Å²) >= 11 is 0. The molecule has 0 aliphatic carbocycles. The van der Waals surface area contributed by atoms with E-state index in [1.54, 1.807) is 42.5 Å². The summed E-state index contributed by atoms with van der Waals surface area (Å²) in [7, 11) is 0. The number of hydrogen-bond donors (Lipinski definition) is 2. The van der Waals surface area contributed by atoms with Crippen molar-refractivity contribution < 1.29 is 19.4 Å². The van der Waals surface area contributed by atoms with Gasteiger partial charge >= 0.3 is 5.97 Å². The summed E-state index contributed by atoms with van der Waals surface area (Å²) in [6, 6.07) is 22.3. The van der Waals surface area contributed by atoms with Gasteiger partial charge < -0.3 is 9.84 Å².